The molecule has 0 spiro atoms. The molecule has 23 heavy (non-hydrogen) atoms. The average molecular weight is 318 g/mol. The number of ether oxygens (including phenoxy) is 1. The predicted octanol–water partition coefficient (Wildman–Crippen LogP) is 2.08. The van der Waals surface area contributed by atoms with E-state index in [0.717, 1.165) is 11.3 Å². The molecule has 1 aromatic rings. The van der Waals surface area contributed by atoms with Crippen molar-refractivity contribution in [3.63, 3.8) is 0 Å². The maximum atomic E-state index is 12.5. The van der Waals surface area contributed by atoms with Gasteiger partial charge in [0.1, 0.15) is 5.75 Å². The monoisotopic (exact) mass is 318 g/mol. The molecular weight excluding hydrogens is 292 g/mol. The molecule has 1 aliphatic rings. The van der Waals surface area contributed by atoms with Gasteiger partial charge in [0.15, 0.2) is 0 Å². The van der Waals surface area contributed by atoms with Crippen molar-refractivity contribution in [1.82, 2.24) is 4.90 Å². The Morgan fingerprint density at radius 1 is 1.30 bits per heavy atom. The molecule has 1 aliphatic heterocycles. The topological polar surface area (TPSA) is 72.6 Å². The Bertz CT molecular complexity index is 576. The molecule has 2 amide bonds. The third kappa shape index (κ3) is 4.24. The first-order valence-electron chi connectivity index (χ1n) is 8.16. The number of hydrogen-bond acceptors (Lipinski definition) is 3. The van der Waals surface area contributed by atoms with Crippen molar-refractivity contribution in [2.45, 2.75) is 39.0 Å². The lowest BCUT2D eigenvalue weighted by atomic mass is 9.95. The van der Waals surface area contributed by atoms with Crippen LogP contribution in [0.1, 0.15) is 43.7 Å². The van der Waals surface area contributed by atoms with E-state index in [1.165, 1.54) is 5.56 Å². The van der Waals surface area contributed by atoms with Crippen molar-refractivity contribution in [3.8, 4) is 5.75 Å². The molecule has 1 fully saturated rings. The summed E-state index contributed by atoms with van der Waals surface area (Å²) in [5.74, 6) is 0.892. The van der Waals surface area contributed by atoms with Crippen LogP contribution >= 0.6 is 0 Å². The Morgan fingerprint density at radius 3 is 2.48 bits per heavy atom. The Morgan fingerprint density at radius 2 is 1.96 bits per heavy atom. The number of primary amides is 1. The molecule has 0 unspecified atom stereocenters. The molecule has 2 rings (SSSR count). The summed E-state index contributed by atoms with van der Waals surface area (Å²) in [4.78, 5) is 25.5. The van der Waals surface area contributed by atoms with Crippen LogP contribution in [0.2, 0.25) is 0 Å². The Balaban J connectivity index is 2.02. The highest BCUT2D eigenvalue weighted by Gasteiger charge is 2.26. The van der Waals surface area contributed by atoms with Crippen LogP contribution < -0.4 is 10.5 Å². The summed E-state index contributed by atoms with van der Waals surface area (Å²) in [6.45, 7) is 5.45. The first kappa shape index (κ1) is 17.3. The van der Waals surface area contributed by atoms with Crippen LogP contribution in [0.5, 0.6) is 5.75 Å². The highest BCUT2D eigenvalue weighted by Crippen LogP contribution is 2.26. The maximum absolute atomic E-state index is 12.5. The Kier molecular flexibility index (Phi) is 5.64. The van der Waals surface area contributed by atoms with Gasteiger partial charge in [-0.2, -0.15) is 0 Å². The third-order valence-electron chi connectivity index (χ3n) is 4.57. The van der Waals surface area contributed by atoms with Gasteiger partial charge in [0, 0.05) is 24.6 Å². The fourth-order valence-corrected chi connectivity index (χ4v) is 2.95. The standard InChI is InChI=1S/C18H26N2O3/c1-12(2)14-4-5-15(16(10-14)23-3)11-17(21)20-8-6-13(7-9-20)18(19)22/h4-5,10,12-13H,6-9,11H2,1-3H3,(H2,19,22). The number of nitrogens with two attached hydrogens (primary N) is 1. The smallest absolute Gasteiger partial charge is 0.227 e. The molecule has 0 aliphatic carbocycles. The SMILES string of the molecule is COc1cc(C(C)C)ccc1CC(=O)N1CCC(C(N)=O)CC1. The summed E-state index contributed by atoms with van der Waals surface area (Å²) in [5.41, 5.74) is 7.43. The molecule has 0 atom stereocenters. The Labute approximate surface area is 137 Å². The summed E-state index contributed by atoms with van der Waals surface area (Å²) < 4.78 is 5.44. The van der Waals surface area contributed by atoms with Crippen molar-refractivity contribution in [1.29, 1.82) is 0 Å². The highest BCUT2D eigenvalue weighted by molar-refractivity contribution is 5.81. The van der Waals surface area contributed by atoms with Crippen LogP contribution in [0, 0.1) is 5.92 Å². The van der Waals surface area contributed by atoms with Gasteiger partial charge in [0.2, 0.25) is 11.8 Å². The fourth-order valence-electron chi connectivity index (χ4n) is 2.95. The largest absolute Gasteiger partial charge is 0.496 e. The van der Waals surface area contributed by atoms with Gasteiger partial charge in [-0.3, -0.25) is 9.59 Å². The minimum Gasteiger partial charge on any atom is -0.496 e. The molecule has 5 heteroatoms. The van der Waals surface area contributed by atoms with Crippen LogP contribution in [0.15, 0.2) is 18.2 Å². The number of methoxy groups -OCH3 is 1. The number of carbonyl (C=O) groups excluding carboxylic acids is 2. The molecule has 1 heterocycles. The number of nitrogens with zero attached hydrogens (tertiary/aromatic N) is 1. The number of hydrogen-bond donors (Lipinski definition) is 1. The lowest BCUT2D eigenvalue weighted by molar-refractivity contribution is -0.134. The van der Waals surface area contributed by atoms with Crippen molar-refractivity contribution in [2.24, 2.45) is 11.7 Å². The van der Waals surface area contributed by atoms with E-state index in [-0.39, 0.29) is 17.7 Å². The molecular formula is C18H26N2O3. The highest BCUT2D eigenvalue weighted by atomic mass is 16.5. The number of amides is 2. The van der Waals surface area contributed by atoms with E-state index in [0.29, 0.717) is 38.3 Å². The van der Waals surface area contributed by atoms with Crippen molar-refractivity contribution < 1.29 is 14.3 Å². The second-order valence-corrected chi connectivity index (χ2v) is 6.46. The summed E-state index contributed by atoms with van der Waals surface area (Å²) in [7, 11) is 1.63. The van der Waals surface area contributed by atoms with Crippen LogP contribution in [0.25, 0.3) is 0 Å². The third-order valence-corrected chi connectivity index (χ3v) is 4.57. The normalized spacial score (nSPS) is 15.7. The van der Waals surface area contributed by atoms with Crippen LogP contribution in [0.4, 0.5) is 0 Å². The van der Waals surface area contributed by atoms with Crippen molar-refractivity contribution in [2.75, 3.05) is 20.2 Å². The molecule has 0 radical (unpaired) electrons. The lowest BCUT2D eigenvalue weighted by Gasteiger charge is -2.30. The molecule has 2 N–H and O–H groups in total. The number of benzene rings is 1. The van der Waals surface area contributed by atoms with Gasteiger partial charge in [-0.1, -0.05) is 26.0 Å². The van der Waals surface area contributed by atoms with E-state index < -0.39 is 0 Å². The molecule has 5 nitrogen and oxygen atoms in total. The molecule has 0 bridgehead atoms. The second kappa shape index (κ2) is 7.49. The lowest BCUT2D eigenvalue weighted by Crippen LogP contribution is -2.42. The minimum atomic E-state index is -0.261. The summed E-state index contributed by atoms with van der Waals surface area (Å²) in [6, 6.07) is 6.03. The second-order valence-electron chi connectivity index (χ2n) is 6.46. The number of carbonyl (C=O) groups is 2. The van der Waals surface area contributed by atoms with Gasteiger partial charge < -0.3 is 15.4 Å². The fraction of sp³-hybridized carbons (Fsp3) is 0.556. The summed E-state index contributed by atoms with van der Waals surface area (Å²) in [6.07, 6.45) is 1.64. The maximum Gasteiger partial charge on any atom is 0.227 e. The molecule has 1 saturated heterocycles. The molecule has 0 aromatic heterocycles. The van der Waals surface area contributed by atoms with Gasteiger partial charge in [0.05, 0.1) is 13.5 Å². The van der Waals surface area contributed by atoms with E-state index in [1.807, 2.05) is 17.0 Å². The Hall–Kier alpha value is -2.04. The quantitative estimate of drug-likeness (QED) is 0.903. The van der Waals surface area contributed by atoms with Gasteiger partial charge >= 0.3 is 0 Å². The first-order chi connectivity index (χ1) is 10.9. The zero-order valence-electron chi connectivity index (χ0n) is 14.2. The predicted molar refractivity (Wildman–Crippen MR) is 89.3 cm³/mol. The van der Waals surface area contributed by atoms with E-state index in [9.17, 15) is 9.59 Å². The van der Waals surface area contributed by atoms with Gasteiger partial charge in [-0.15, -0.1) is 0 Å². The zero-order valence-corrected chi connectivity index (χ0v) is 14.2. The first-order valence-corrected chi connectivity index (χ1v) is 8.16. The van der Waals surface area contributed by atoms with E-state index >= 15 is 0 Å². The molecule has 126 valence electrons. The van der Waals surface area contributed by atoms with Gasteiger partial charge in [-0.05, 0) is 30.4 Å². The number of rotatable bonds is 5. The van der Waals surface area contributed by atoms with Crippen LogP contribution in [-0.4, -0.2) is 36.9 Å². The number of piperidine rings is 1. The van der Waals surface area contributed by atoms with Crippen LogP contribution in [0.3, 0.4) is 0 Å². The number of likely N-dealkylation sites (tertiary alicyclic amines) is 1. The zero-order chi connectivity index (χ0) is 17.0. The minimum absolute atomic E-state index is 0.0727. The van der Waals surface area contributed by atoms with Crippen molar-refractivity contribution >= 4 is 11.8 Å². The summed E-state index contributed by atoms with van der Waals surface area (Å²) in [5, 5.41) is 0. The average Bonchev–Trinajstić information content (AvgIpc) is 2.55. The van der Waals surface area contributed by atoms with Gasteiger partial charge in [0.25, 0.3) is 0 Å². The molecule has 1 aromatic carbocycles. The van der Waals surface area contributed by atoms with E-state index in [4.69, 9.17) is 10.5 Å². The van der Waals surface area contributed by atoms with Gasteiger partial charge in [-0.25, -0.2) is 0 Å². The summed E-state index contributed by atoms with van der Waals surface area (Å²) >= 11 is 0. The van der Waals surface area contributed by atoms with E-state index in [2.05, 4.69) is 19.9 Å². The van der Waals surface area contributed by atoms with Crippen molar-refractivity contribution in [3.05, 3.63) is 29.3 Å². The van der Waals surface area contributed by atoms with E-state index in [1.54, 1.807) is 7.11 Å². The van der Waals surface area contributed by atoms with Crippen LogP contribution in [-0.2, 0) is 16.0 Å². The molecule has 0 saturated carbocycles.